The highest BCUT2D eigenvalue weighted by Gasteiger charge is 2.25. The molecule has 0 aliphatic carbocycles. The monoisotopic (exact) mass is 443 g/mol. The average Bonchev–Trinajstić information content (AvgIpc) is 3.05. The van der Waals surface area contributed by atoms with Crippen molar-refractivity contribution in [2.75, 3.05) is 5.75 Å². The Morgan fingerprint density at radius 2 is 2.04 bits per heavy atom. The quantitative estimate of drug-likeness (QED) is 0.429. The van der Waals surface area contributed by atoms with Crippen molar-refractivity contribution in [3.05, 3.63) is 21.1 Å². The maximum absolute atomic E-state index is 12.6. The molecule has 0 aliphatic rings. The van der Waals surface area contributed by atoms with E-state index >= 15 is 0 Å². The molecule has 25 heavy (non-hydrogen) atoms. The number of hydrogen-bond donors (Lipinski definition) is 0. The number of thioether (sulfide) groups is 1. The lowest BCUT2D eigenvalue weighted by atomic mass is 10.1. The molecule has 2 heterocycles. The molecule has 3 aromatic rings. The molecule has 0 bridgehead atoms. The molecule has 0 atom stereocenters. The largest absolute Gasteiger partial charge is 0.416 e. The van der Waals surface area contributed by atoms with Crippen LogP contribution in [0.1, 0.15) is 6.92 Å². The number of rotatable bonds is 5. The Morgan fingerprint density at radius 1 is 1.32 bits per heavy atom. The summed E-state index contributed by atoms with van der Waals surface area (Å²) in [5.41, 5.74) is 1.30. The number of hydrogen-bond acceptors (Lipinski definition) is 5. The molecular weight excluding hydrogens is 435 g/mol. The number of aryl methyl sites for hydroxylation is 1. The van der Waals surface area contributed by atoms with Gasteiger partial charge >= 0.3 is 6.61 Å². The van der Waals surface area contributed by atoms with Crippen LogP contribution in [0.4, 0.5) is 8.78 Å². The van der Waals surface area contributed by atoms with Gasteiger partial charge in [-0.1, -0.05) is 53.5 Å². The van der Waals surface area contributed by atoms with Crippen LogP contribution in [0.25, 0.3) is 21.5 Å². The summed E-state index contributed by atoms with van der Waals surface area (Å²) in [7, 11) is 1.46. The van der Waals surface area contributed by atoms with Crippen molar-refractivity contribution < 1.29 is 13.5 Å². The van der Waals surface area contributed by atoms with E-state index in [1.807, 2.05) is 6.92 Å². The van der Waals surface area contributed by atoms with E-state index in [1.165, 1.54) is 18.4 Å². The third kappa shape index (κ3) is 3.55. The van der Waals surface area contributed by atoms with E-state index in [1.54, 1.807) is 17.8 Å². The van der Waals surface area contributed by atoms with Gasteiger partial charge in [-0.2, -0.15) is 13.9 Å². The van der Waals surface area contributed by atoms with Crippen molar-refractivity contribution in [3.63, 3.8) is 0 Å². The zero-order valence-electron chi connectivity index (χ0n) is 12.8. The van der Waals surface area contributed by atoms with Gasteiger partial charge in [0, 0.05) is 12.6 Å². The molecule has 3 rings (SSSR count). The van der Waals surface area contributed by atoms with Crippen LogP contribution < -0.4 is 4.74 Å². The Hall–Kier alpha value is -0.800. The predicted molar refractivity (Wildman–Crippen MR) is 99.9 cm³/mol. The molecule has 0 spiro atoms. The normalized spacial score (nSPS) is 11.7. The molecule has 0 saturated heterocycles. The highest BCUT2D eigenvalue weighted by Crippen LogP contribution is 2.46. The molecule has 0 unspecified atom stereocenters. The summed E-state index contributed by atoms with van der Waals surface area (Å²) in [4.78, 5) is 4.50. The van der Waals surface area contributed by atoms with E-state index in [4.69, 9.17) is 34.8 Å². The second-order valence-electron chi connectivity index (χ2n) is 4.78. The van der Waals surface area contributed by atoms with Gasteiger partial charge in [0.25, 0.3) is 0 Å². The van der Waals surface area contributed by atoms with Crippen molar-refractivity contribution in [3.8, 4) is 17.1 Å². The van der Waals surface area contributed by atoms with Crippen LogP contribution in [-0.2, 0) is 7.05 Å². The standard InChI is InChI=1S/C14H10Cl3F2N3OS2/c1-3-24-14-20-9-6(16)4-5(15)7(11(9)25-14)10-8(17)12(22(2)21-10)23-13(18)19/h4,13H,3H2,1-2H3. The summed E-state index contributed by atoms with van der Waals surface area (Å²) < 4.78 is 32.3. The van der Waals surface area contributed by atoms with Gasteiger partial charge in [0.2, 0.25) is 5.88 Å². The Kier molecular flexibility index (Phi) is 5.65. The molecule has 0 aliphatic heterocycles. The summed E-state index contributed by atoms with van der Waals surface area (Å²) in [6.07, 6.45) is 0. The lowest BCUT2D eigenvalue weighted by molar-refractivity contribution is -0.0552. The third-order valence-electron chi connectivity index (χ3n) is 3.20. The van der Waals surface area contributed by atoms with Crippen LogP contribution in [0, 0.1) is 0 Å². The number of ether oxygens (including phenoxy) is 1. The number of nitrogens with zero attached hydrogens (tertiary/aromatic N) is 3. The molecule has 0 saturated carbocycles. The molecule has 1 aromatic carbocycles. The van der Waals surface area contributed by atoms with Crippen molar-refractivity contribution >= 4 is 68.1 Å². The molecule has 0 radical (unpaired) electrons. The van der Waals surface area contributed by atoms with Crippen LogP contribution in [0.2, 0.25) is 15.1 Å². The lowest BCUT2D eigenvalue weighted by Gasteiger charge is -2.05. The number of thiazole rings is 1. The van der Waals surface area contributed by atoms with E-state index in [-0.39, 0.29) is 16.6 Å². The first kappa shape index (κ1) is 19.0. The number of fused-ring (bicyclic) bond motifs is 1. The van der Waals surface area contributed by atoms with Crippen LogP contribution in [0.3, 0.4) is 0 Å². The average molecular weight is 445 g/mol. The molecule has 11 heteroatoms. The summed E-state index contributed by atoms with van der Waals surface area (Å²) in [6.45, 7) is -1.01. The topological polar surface area (TPSA) is 39.9 Å². The predicted octanol–water partition coefficient (Wildman–Crippen LogP) is 6.37. The minimum Gasteiger partial charge on any atom is -0.416 e. The highest BCUT2D eigenvalue weighted by molar-refractivity contribution is 8.01. The molecule has 4 nitrogen and oxygen atoms in total. The third-order valence-corrected chi connectivity index (χ3v) is 6.22. The summed E-state index contributed by atoms with van der Waals surface area (Å²) in [5.74, 6) is 0.607. The smallest absolute Gasteiger partial charge is 0.388 e. The second kappa shape index (κ2) is 7.44. The number of halogens is 5. The van der Waals surface area contributed by atoms with Crippen molar-refractivity contribution in [2.45, 2.75) is 17.9 Å². The van der Waals surface area contributed by atoms with Gasteiger partial charge in [-0.3, -0.25) is 0 Å². The van der Waals surface area contributed by atoms with E-state index in [2.05, 4.69) is 14.8 Å². The van der Waals surface area contributed by atoms with Gasteiger partial charge in [0.05, 0.1) is 14.7 Å². The van der Waals surface area contributed by atoms with Crippen molar-refractivity contribution in [2.24, 2.45) is 7.05 Å². The van der Waals surface area contributed by atoms with Gasteiger partial charge < -0.3 is 4.74 Å². The Labute approximate surface area is 165 Å². The van der Waals surface area contributed by atoms with Gasteiger partial charge in [-0.25, -0.2) is 9.67 Å². The van der Waals surface area contributed by atoms with E-state index in [9.17, 15) is 8.78 Å². The first-order chi connectivity index (χ1) is 11.8. The maximum atomic E-state index is 12.6. The maximum Gasteiger partial charge on any atom is 0.388 e. The molecule has 0 amide bonds. The van der Waals surface area contributed by atoms with Gasteiger partial charge in [0.15, 0.2) is 4.34 Å². The van der Waals surface area contributed by atoms with Crippen LogP contribution in [-0.4, -0.2) is 27.1 Å². The Bertz CT molecular complexity index is 945. The first-order valence-electron chi connectivity index (χ1n) is 6.92. The molecule has 2 aromatic heterocycles. The minimum absolute atomic E-state index is 0.0496. The van der Waals surface area contributed by atoms with E-state index in [0.29, 0.717) is 25.8 Å². The fourth-order valence-electron chi connectivity index (χ4n) is 2.25. The van der Waals surface area contributed by atoms with Crippen molar-refractivity contribution in [1.29, 1.82) is 0 Å². The minimum atomic E-state index is -3.02. The van der Waals surface area contributed by atoms with Crippen LogP contribution >= 0.6 is 57.9 Å². The van der Waals surface area contributed by atoms with E-state index < -0.39 is 6.61 Å². The number of alkyl halides is 2. The molecule has 0 fully saturated rings. The second-order valence-corrected chi connectivity index (χ2v) is 8.48. The summed E-state index contributed by atoms with van der Waals surface area (Å²) in [5, 5.41) is 4.86. The summed E-state index contributed by atoms with van der Waals surface area (Å²) in [6, 6.07) is 1.54. The van der Waals surface area contributed by atoms with Gasteiger partial charge in [-0.15, -0.1) is 11.3 Å². The first-order valence-corrected chi connectivity index (χ1v) is 9.86. The Morgan fingerprint density at radius 3 is 2.68 bits per heavy atom. The van der Waals surface area contributed by atoms with Gasteiger partial charge in [0.1, 0.15) is 16.2 Å². The van der Waals surface area contributed by atoms with Crippen molar-refractivity contribution in [1.82, 2.24) is 14.8 Å². The van der Waals surface area contributed by atoms with Crippen LogP contribution in [0.5, 0.6) is 5.88 Å². The lowest BCUT2D eigenvalue weighted by Crippen LogP contribution is -2.06. The molecular formula is C14H10Cl3F2N3OS2. The Balaban J connectivity index is 2.25. The number of benzene rings is 1. The highest BCUT2D eigenvalue weighted by atomic mass is 35.5. The zero-order valence-corrected chi connectivity index (χ0v) is 16.7. The van der Waals surface area contributed by atoms with Crippen LogP contribution in [0.15, 0.2) is 10.4 Å². The van der Waals surface area contributed by atoms with E-state index in [0.717, 1.165) is 14.8 Å². The molecule has 0 N–H and O–H groups in total. The number of aromatic nitrogens is 3. The fraction of sp³-hybridized carbons (Fsp3) is 0.286. The van der Waals surface area contributed by atoms with Gasteiger partial charge in [-0.05, 0) is 11.8 Å². The molecule has 134 valence electrons. The zero-order chi connectivity index (χ0) is 18.3. The fourth-order valence-corrected chi connectivity index (χ4v) is 5.37. The summed E-state index contributed by atoms with van der Waals surface area (Å²) >= 11 is 21.8. The SMILES string of the molecule is CCSc1nc2c(Cl)cc(Cl)c(-c3nn(C)c(OC(F)F)c3Cl)c2s1.